The summed E-state index contributed by atoms with van der Waals surface area (Å²) in [4.78, 5) is 6.92. The van der Waals surface area contributed by atoms with Crippen LogP contribution in [0, 0.1) is 11.7 Å². The molecule has 5 nitrogen and oxygen atoms in total. The second kappa shape index (κ2) is 12.9. The zero-order valence-electron chi connectivity index (χ0n) is 15.3. The molecule has 1 atom stereocenters. The van der Waals surface area contributed by atoms with E-state index in [0.717, 1.165) is 44.2 Å². The van der Waals surface area contributed by atoms with Crippen molar-refractivity contribution in [2.45, 2.75) is 19.9 Å². The van der Waals surface area contributed by atoms with Gasteiger partial charge in [-0.15, -0.1) is 24.0 Å². The van der Waals surface area contributed by atoms with Crippen LogP contribution in [0.5, 0.6) is 0 Å². The fourth-order valence-electron chi connectivity index (χ4n) is 2.78. The third kappa shape index (κ3) is 7.66. The zero-order valence-corrected chi connectivity index (χ0v) is 19.3. The maximum atomic E-state index is 13.6. The summed E-state index contributed by atoms with van der Waals surface area (Å²) in [6.45, 7) is 7.21. The maximum absolute atomic E-state index is 13.6. The summed E-state index contributed by atoms with van der Waals surface area (Å²) in [6.07, 6.45) is 1.09. The molecule has 1 aromatic rings. The standard InChI is InChI=1S/C18H27BrFN3O2.HI/c1-3-21-18(22-11-14-4-5-16(19)17(20)10-14)23-7-6-15(12-23)13-25-9-8-24-2;/h4-5,10,15H,3,6-9,11-13H2,1-2H3,(H,21,22);1H. The fraction of sp³-hybridized carbons (Fsp3) is 0.611. The van der Waals surface area contributed by atoms with Gasteiger partial charge in [-0.1, -0.05) is 6.07 Å². The summed E-state index contributed by atoms with van der Waals surface area (Å²) in [5.74, 6) is 1.13. The monoisotopic (exact) mass is 543 g/mol. The van der Waals surface area contributed by atoms with Crippen molar-refractivity contribution < 1.29 is 13.9 Å². The van der Waals surface area contributed by atoms with E-state index in [9.17, 15) is 4.39 Å². The van der Waals surface area contributed by atoms with Gasteiger partial charge in [0.25, 0.3) is 0 Å². The Morgan fingerprint density at radius 3 is 2.92 bits per heavy atom. The van der Waals surface area contributed by atoms with Gasteiger partial charge in [-0.05, 0) is 47.0 Å². The Morgan fingerprint density at radius 1 is 1.42 bits per heavy atom. The third-order valence-corrected chi connectivity index (χ3v) is 4.74. The summed E-state index contributed by atoms with van der Waals surface area (Å²) < 4.78 is 24.7. The molecule has 0 amide bonds. The Morgan fingerprint density at radius 2 is 2.23 bits per heavy atom. The normalized spacial score (nSPS) is 17.3. The number of rotatable bonds is 8. The summed E-state index contributed by atoms with van der Waals surface area (Å²) in [5.41, 5.74) is 0.856. The number of benzene rings is 1. The Labute approximate surface area is 180 Å². The Balaban J connectivity index is 0.00000338. The van der Waals surface area contributed by atoms with E-state index in [4.69, 9.17) is 9.47 Å². The molecule has 0 radical (unpaired) electrons. The Bertz CT molecular complexity index is 577. The number of aliphatic imine (C=N–C) groups is 1. The number of methoxy groups -OCH3 is 1. The van der Waals surface area contributed by atoms with Gasteiger partial charge in [0.1, 0.15) is 5.82 Å². The molecule has 1 aliphatic heterocycles. The highest BCUT2D eigenvalue weighted by molar-refractivity contribution is 14.0. The lowest BCUT2D eigenvalue weighted by Gasteiger charge is -2.21. The number of nitrogens with zero attached hydrogens (tertiary/aromatic N) is 2. The van der Waals surface area contributed by atoms with E-state index in [1.807, 2.05) is 6.07 Å². The zero-order chi connectivity index (χ0) is 18.1. The van der Waals surface area contributed by atoms with Crippen LogP contribution in [0.4, 0.5) is 4.39 Å². The molecular weight excluding hydrogens is 516 g/mol. The van der Waals surface area contributed by atoms with Crippen LogP contribution in [0.25, 0.3) is 0 Å². The van der Waals surface area contributed by atoms with Crippen molar-refractivity contribution in [2.24, 2.45) is 10.9 Å². The number of nitrogens with one attached hydrogen (secondary N) is 1. The fourth-order valence-corrected chi connectivity index (χ4v) is 3.03. The van der Waals surface area contributed by atoms with Crippen LogP contribution >= 0.6 is 39.9 Å². The summed E-state index contributed by atoms with van der Waals surface area (Å²) >= 11 is 3.17. The van der Waals surface area contributed by atoms with E-state index in [1.54, 1.807) is 13.2 Å². The molecule has 0 saturated carbocycles. The molecule has 1 unspecified atom stereocenters. The average Bonchev–Trinajstić information content (AvgIpc) is 3.07. The minimum Gasteiger partial charge on any atom is -0.382 e. The molecule has 1 aromatic carbocycles. The molecule has 0 aliphatic carbocycles. The number of hydrogen-bond acceptors (Lipinski definition) is 3. The van der Waals surface area contributed by atoms with Crippen LogP contribution in [-0.4, -0.2) is 57.4 Å². The topological polar surface area (TPSA) is 46.1 Å². The predicted molar refractivity (Wildman–Crippen MR) is 117 cm³/mol. The Hall–Kier alpha value is -0.450. The highest BCUT2D eigenvalue weighted by atomic mass is 127. The highest BCUT2D eigenvalue weighted by Crippen LogP contribution is 2.19. The molecule has 2 rings (SSSR count). The van der Waals surface area contributed by atoms with Crippen molar-refractivity contribution in [3.8, 4) is 0 Å². The molecule has 1 saturated heterocycles. The molecule has 1 N–H and O–H groups in total. The van der Waals surface area contributed by atoms with E-state index in [-0.39, 0.29) is 29.8 Å². The maximum Gasteiger partial charge on any atom is 0.194 e. The van der Waals surface area contributed by atoms with Crippen LogP contribution in [0.1, 0.15) is 18.9 Å². The van der Waals surface area contributed by atoms with Crippen LogP contribution < -0.4 is 5.32 Å². The first-order chi connectivity index (χ1) is 12.1. The Kier molecular flexibility index (Phi) is 11.7. The van der Waals surface area contributed by atoms with Gasteiger partial charge in [-0.25, -0.2) is 9.38 Å². The molecule has 148 valence electrons. The van der Waals surface area contributed by atoms with Crippen LogP contribution in [0.3, 0.4) is 0 Å². The highest BCUT2D eigenvalue weighted by Gasteiger charge is 2.24. The minimum absolute atomic E-state index is 0. The van der Waals surface area contributed by atoms with E-state index in [1.165, 1.54) is 6.07 Å². The lowest BCUT2D eigenvalue weighted by molar-refractivity contribution is 0.0536. The lowest BCUT2D eigenvalue weighted by atomic mass is 10.1. The quantitative estimate of drug-likeness (QED) is 0.235. The second-order valence-electron chi connectivity index (χ2n) is 6.09. The van der Waals surface area contributed by atoms with Gasteiger partial charge in [0.2, 0.25) is 0 Å². The van der Waals surface area contributed by atoms with Crippen LogP contribution in [-0.2, 0) is 16.0 Å². The predicted octanol–water partition coefficient (Wildman–Crippen LogP) is 3.66. The van der Waals surface area contributed by atoms with Crippen molar-refractivity contribution in [1.82, 2.24) is 10.2 Å². The van der Waals surface area contributed by atoms with Gasteiger partial charge in [-0.3, -0.25) is 0 Å². The van der Waals surface area contributed by atoms with Crippen LogP contribution in [0.2, 0.25) is 0 Å². The molecule has 0 spiro atoms. The minimum atomic E-state index is -0.257. The molecule has 1 fully saturated rings. The number of halogens is 3. The van der Waals surface area contributed by atoms with E-state index in [2.05, 4.69) is 38.1 Å². The van der Waals surface area contributed by atoms with Crippen molar-refractivity contribution >= 4 is 45.9 Å². The van der Waals surface area contributed by atoms with Crippen LogP contribution in [0.15, 0.2) is 27.7 Å². The molecule has 0 bridgehead atoms. The smallest absolute Gasteiger partial charge is 0.194 e. The van der Waals surface area contributed by atoms with E-state index < -0.39 is 0 Å². The number of ether oxygens (including phenoxy) is 2. The van der Waals surface area contributed by atoms with Gasteiger partial charge >= 0.3 is 0 Å². The first-order valence-corrected chi connectivity index (χ1v) is 9.47. The third-order valence-electron chi connectivity index (χ3n) is 4.10. The molecule has 0 aromatic heterocycles. The molecule has 26 heavy (non-hydrogen) atoms. The van der Waals surface area contributed by atoms with Gasteiger partial charge in [-0.2, -0.15) is 0 Å². The van der Waals surface area contributed by atoms with Gasteiger partial charge < -0.3 is 19.7 Å². The number of likely N-dealkylation sites (tertiary alicyclic amines) is 1. The SMILES string of the molecule is CCNC(=NCc1ccc(Br)c(F)c1)N1CCC(COCCOC)C1.I. The molecule has 8 heteroatoms. The summed E-state index contributed by atoms with van der Waals surface area (Å²) in [7, 11) is 1.68. The second-order valence-corrected chi connectivity index (χ2v) is 6.94. The summed E-state index contributed by atoms with van der Waals surface area (Å²) in [6, 6.07) is 5.13. The van der Waals surface area contributed by atoms with Gasteiger partial charge in [0, 0.05) is 32.7 Å². The van der Waals surface area contributed by atoms with Crippen molar-refractivity contribution in [1.29, 1.82) is 0 Å². The average molecular weight is 544 g/mol. The molecule has 1 aliphatic rings. The largest absolute Gasteiger partial charge is 0.382 e. The molecule has 1 heterocycles. The number of guanidine groups is 1. The lowest BCUT2D eigenvalue weighted by Crippen LogP contribution is -2.40. The summed E-state index contributed by atoms with van der Waals surface area (Å²) in [5, 5.41) is 3.33. The van der Waals surface area contributed by atoms with E-state index in [0.29, 0.717) is 30.1 Å². The number of hydrogen-bond donors (Lipinski definition) is 1. The van der Waals surface area contributed by atoms with Gasteiger partial charge in [0.05, 0.1) is 30.8 Å². The van der Waals surface area contributed by atoms with Gasteiger partial charge in [0.15, 0.2) is 5.96 Å². The van der Waals surface area contributed by atoms with Crippen molar-refractivity contribution in [3.63, 3.8) is 0 Å². The van der Waals surface area contributed by atoms with E-state index >= 15 is 0 Å². The first-order valence-electron chi connectivity index (χ1n) is 8.68. The van der Waals surface area contributed by atoms with Crippen molar-refractivity contribution in [3.05, 3.63) is 34.1 Å². The van der Waals surface area contributed by atoms with Crippen molar-refractivity contribution in [2.75, 3.05) is 46.6 Å². The molecular formula is C18H28BrFIN3O2. The first kappa shape index (κ1) is 23.6.